The third-order valence-electron chi connectivity index (χ3n) is 4.47. The second-order valence-corrected chi connectivity index (χ2v) is 5.95. The van der Waals surface area contributed by atoms with Crippen molar-refractivity contribution < 1.29 is 9.90 Å². The van der Waals surface area contributed by atoms with E-state index in [9.17, 15) is 9.90 Å². The summed E-state index contributed by atoms with van der Waals surface area (Å²) >= 11 is 0. The van der Waals surface area contributed by atoms with Gasteiger partial charge < -0.3 is 5.11 Å². The molecule has 0 amide bonds. The van der Waals surface area contributed by atoms with Crippen LogP contribution in [0.2, 0.25) is 0 Å². The number of hydrogen-bond donors (Lipinski definition) is 1. The van der Waals surface area contributed by atoms with Crippen LogP contribution in [0.15, 0.2) is 0 Å². The molecule has 112 valence electrons. The van der Waals surface area contributed by atoms with Gasteiger partial charge in [0.05, 0.1) is 0 Å². The third kappa shape index (κ3) is 4.48. The van der Waals surface area contributed by atoms with Crippen molar-refractivity contribution in [1.29, 1.82) is 0 Å². The normalized spacial score (nSPS) is 23.9. The van der Waals surface area contributed by atoms with Gasteiger partial charge in [-0.25, -0.2) is 0 Å². The highest BCUT2D eigenvalue weighted by Crippen LogP contribution is 2.34. The summed E-state index contributed by atoms with van der Waals surface area (Å²) in [6.07, 6.45) is 11.3. The van der Waals surface area contributed by atoms with E-state index in [0.717, 1.165) is 45.2 Å². The summed E-state index contributed by atoms with van der Waals surface area (Å²) < 4.78 is 0. The summed E-state index contributed by atoms with van der Waals surface area (Å²) in [7, 11) is 0. The zero-order valence-electron chi connectivity index (χ0n) is 12.8. The van der Waals surface area contributed by atoms with E-state index in [2.05, 4.69) is 18.7 Å². The molecule has 0 saturated carbocycles. The second-order valence-electron chi connectivity index (χ2n) is 5.95. The van der Waals surface area contributed by atoms with Crippen molar-refractivity contribution in [3.63, 3.8) is 0 Å². The van der Waals surface area contributed by atoms with E-state index in [4.69, 9.17) is 0 Å². The minimum absolute atomic E-state index is 0.543. The molecule has 3 nitrogen and oxygen atoms in total. The third-order valence-corrected chi connectivity index (χ3v) is 4.47. The molecule has 1 N–H and O–H groups in total. The van der Waals surface area contributed by atoms with Gasteiger partial charge in [-0.05, 0) is 38.8 Å². The van der Waals surface area contributed by atoms with Crippen molar-refractivity contribution in [2.24, 2.45) is 0 Å². The molecule has 0 aliphatic carbocycles. The number of unbranched alkanes of at least 4 members (excludes halogenated alkanes) is 5. The van der Waals surface area contributed by atoms with E-state index >= 15 is 0 Å². The van der Waals surface area contributed by atoms with Gasteiger partial charge in [-0.15, -0.1) is 0 Å². The predicted octanol–water partition coefficient (Wildman–Crippen LogP) is 4.07. The number of carbonyl (C=O) groups is 1. The Morgan fingerprint density at radius 2 is 1.79 bits per heavy atom. The van der Waals surface area contributed by atoms with Crippen LogP contribution in [0.5, 0.6) is 0 Å². The van der Waals surface area contributed by atoms with Crippen LogP contribution in [0.3, 0.4) is 0 Å². The van der Waals surface area contributed by atoms with Crippen molar-refractivity contribution in [2.45, 2.75) is 83.6 Å². The summed E-state index contributed by atoms with van der Waals surface area (Å²) in [6, 6.07) is 0. The quantitative estimate of drug-likeness (QED) is 0.608. The number of nitrogens with zero attached hydrogens (tertiary/aromatic N) is 1. The lowest BCUT2D eigenvalue weighted by Crippen LogP contribution is -2.50. The van der Waals surface area contributed by atoms with Crippen LogP contribution in [0.4, 0.5) is 0 Å². The molecule has 1 aliphatic rings. The van der Waals surface area contributed by atoms with Crippen LogP contribution in [0, 0.1) is 0 Å². The van der Waals surface area contributed by atoms with Gasteiger partial charge in [0.15, 0.2) is 0 Å². The molecule has 3 heteroatoms. The van der Waals surface area contributed by atoms with Crippen LogP contribution in [0.25, 0.3) is 0 Å². The first-order valence-corrected chi connectivity index (χ1v) is 8.16. The minimum atomic E-state index is -0.599. The Morgan fingerprint density at radius 3 is 2.42 bits per heavy atom. The molecule has 1 heterocycles. The topological polar surface area (TPSA) is 40.5 Å². The lowest BCUT2D eigenvalue weighted by Gasteiger charge is -2.34. The zero-order valence-corrected chi connectivity index (χ0v) is 12.8. The van der Waals surface area contributed by atoms with E-state index in [0.29, 0.717) is 0 Å². The Balaban J connectivity index is 2.36. The van der Waals surface area contributed by atoms with Crippen LogP contribution < -0.4 is 0 Å². The van der Waals surface area contributed by atoms with E-state index < -0.39 is 11.5 Å². The van der Waals surface area contributed by atoms with Crippen LogP contribution in [-0.4, -0.2) is 34.6 Å². The molecule has 1 saturated heterocycles. The van der Waals surface area contributed by atoms with Crippen molar-refractivity contribution in [3.8, 4) is 0 Å². The van der Waals surface area contributed by atoms with Crippen LogP contribution in [0.1, 0.15) is 78.1 Å². The summed E-state index contributed by atoms with van der Waals surface area (Å²) in [5.41, 5.74) is -0.543. The molecular formula is C16H31NO2. The SMILES string of the molecule is CCCCCCCCN1CCCC1(CCC)C(=O)O. The maximum absolute atomic E-state index is 11.7. The number of likely N-dealkylation sites (tertiary alicyclic amines) is 1. The Bertz CT molecular complexity index is 267. The molecule has 0 aromatic heterocycles. The fourth-order valence-corrected chi connectivity index (χ4v) is 3.39. The monoisotopic (exact) mass is 269 g/mol. The largest absolute Gasteiger partial charge is 0.480 e. The maximum Gasteiger partial charge on any atom is 0.324 e. The van der Waals surface area contributed by atoms with E-state index in [1.165, 1.54) is 32.1 Å². The summed E-state index contributed by atoms with van der Waals surface area (Å²) in [6.45, 7) is 6.27. The van der Waals surface area contributed by atoms with E-state index in [1.807, 2.05) is 0 Å². The average Bonchev–Trinajstić information content (AvgIpc) is 2.78. The van der Waals surface area contributed by atoms with Gasteiger partial charge >= 0.3 is 5.97 Å². The molecular weight excluding hydrogens is 238 g/mol. The van der Waals surface area contributed by atoms with E-state index in [1.54, 1.807) is 0 Å². The number of rotatable bonds is 10. The Kier molecular flexibility index (Phi) is 7.44. The number of carboxylic acids is 1. The Morgan fingerprint density at radius 1 is 1.11 bits per heavy atom. The molecule has 19 heavy (non-hydrogen) atoms. The molecule has 1 unspecified atom stereocenters. The fraction of sp³-hybridized carbons (Fsp3) is 0.938. The van der Waals surface area contributed by atoms with Gasteiger partial charge in [0, 0.05) is 0 Å². The first kappa shape index (κ1) is 16.5. The zero-order chi connectivity index (χ0) is 14.1. The molecule has 0 radical (unpaired) electrons. The summed E-state index contributed by atoms with van der Waals surface area (Å²) in [5.74, 6) is -0.599. The Labute approximate surface area is 118 Å². The molecule has 0 bridgehead atoms. The fourth-order valence-electron chi connectivity index (χ4n) is 3.39. The van der Waals surface area contributed by atoms with Gasteiger partial charge in [0.1, 0.15) is 5.54 Å². The molecule has 1 atom stereocenters. The van der Waals surface area contributed by atoms with E-state index in [-0.39, 0.29) is 0 Å². The first-order valence-electron chi connectivity index (χ1n) is 8.16. The van der Waals surface area contributed by atoms with Gasteiger partial charge in [-0.1, -0.05) is 52.4 Å². The van der Waals surface area contributed by atoms with Gasteiger partial charge in [0.25, 0.3) is 0 Å². The highest BCUT2D eigenvalue weighted by molar-refractivity contribution is 5.79. The smallest absolute Gasteiger partial charge is 0.324 e. The Hall–Kier alpha value is -0.570. The minimum Gasteiger partial charge on any atom is -0.480 e. The van der Waals surface area contributed by atoms with Crippen molar-refractivity contribution in [2.75, 3.05) is 13.1 Å². The second kappa shape index (κ2) is 8.57. The predicted molar refractivity (Wildman–Crippen MR) is 79.5 cm³/mol. The van der Waals surface area contributed by atoms with Crippen LogP contribution in [-0.2, 0) is 4.79 Å². The van der Waals surface area contributed by atoms with Crippen LogP contribution >= 0.6 is 0 Å². The molecule has 1 aliphatic heterocycles. The van der Waals surface area contributed by atoms with Crippen molar-refractivity contribution in [3.05, 3.63) is 0 Å². The molecule has 1 fully saturated rings. The lowest BCUT2D eigenvalue weighted by atomic mass is 9.90. The maximum atomic E-state index is 11.7. The highest BCUT2D eigenvalue weighted by Gasteiger charge is 2.46. The van der Waals surface area contributed by atoms with Crippen molar-refractivity contribution in [1.82, 2.24) is 4.90 Å². The number of hydrogen-bond acceptors (Lipinski definition) is 2. The van der Waals surface area contributed by atoms with Crippen molar-refractivity contribution >= 4 is 5.97 Å². The average molecular weight is 269 g/mol. The number of aliphatic carboxylic acids is 1. The standard InChI is InChI=1S/C16H31NO2/c1-3-5-6-7-8-9-13-17-14-10-12-16(17,11-4-2)15(18)19/h3-14H2,1-2H3,(H,18,19). The van der Waals surface area contributed by atoms with Gasteiger partial charge in [-0.2, -0.15) is 0 Å². The van der Waals surface area contributed by atoms with Gasteiger partial charge in [-0.3, -0.25) is 9.69 Å². The molecule has 0 aromatic rings. The summed E-state index contributed by atoms with van der Waals surface area (Å²) in [5, 5.41) is 9.60. The number of carboxylic acid groups (broad SMARTS) is 1. The molecule has 1 rings (SSSR count). The summed E-state index contributed by atoms with van der Waals surface area (Å²) in [4.78, 5) is 13.9. The lowest BCUT2D eigenvalue weighted by molar-refractivity contribution is -0.150. The van der Waals surface area contributed by atoms with Gasteiger partial charge in [0.2, 0.25) is 0 Å². The first-order chi connectivity index (χ1) is 9.17. The highest BCUT2D eigenvalue weighted by atomic mass is 16.4. The molecule has 0 aromatic carbocycles. The molecule has 0 spiro atoms.